The second kappa shape index (κ2) is 6.02. The van der Waals surface area contributed by atoms with E-state index >= 15 is 0 Å². The summed E-state index contributed by atoms with van der Waals surface area (Å²) in [5, 5.41) is 3.22. The summed E-state index contributed by atoms with van der Waals surface area (Å²) in [7, 11) is -1.98. The van der Waals surface area contributed by atoms with Crippen molar-refractivity contribution in [1.82, 2.24) is 9.71 Å². The standard InChI is InChI=1S/C14H17N3O2S/c1-11-3-4-12(9-16-11)10-17-13-5-7-14(8-6-13)20(18,19)15-2/h3-9,15,17H,10H2,1-2H3. The van der Waals surface area contributed by atoms with Gasteiger partial charge in [-0.1, -0.05) is 6.07 Å². The predicted octanol–water partition coefficient (Wildman–Crippen LogP) is 1.91. The first-order valence-electron chi connectivity index (χ1n) is 6.20. The van der Waals surface area contributed by atoms with Crippen LogP contribution in [0.25, 0.3) is 0 Å². The van der Waals surface area contributed by atoms with Crippen LogP contribution in [0, 0.1) is 6.92 Å². The van der Waals surface area contributed by atoms with Crippen molar-refractivity contribution >= 4 is 15.7 Å². The van der Waals surface area contributed by atoms with Crippen molar-refractivity contribution in [1.29, 1.82) is 0 Å². The highest BCUT2D eigenvalue weighted by Gasteiger charge is 2.10. The predicted molar refractivity (Wildman–Crippen MR) is 79.0 cm³/mol. The number of sulfonamides is 1. The van der Waals surface area contributed by atoms with Crippen LogP contribution in [-0.4, -0.2) is 20.4 Å². The number of anilines is 1. The highest BCUT2D eigenvalue weighted by Crippen LogP contribution is 2.14. The molecule has 20 heavy (non-hydrogen) atoms. The monoisotopic (exact) mass is 291 g/mol. The Bertz CT molecular complexity index is 665. The van der Waals surface area contributed by atoms with Crippen molar-refractivity contribution in [3.05, 3.63) is 53.9 Å². The third-order valence-corrected chi connectivity index (χ3v) is 4.33. The van der Waals surface area contributed by atoms with E-state index in [4.69, 9.17) is 0 Å². The van der Waals surface area contributed by atoms with Crippen molar-refractivity contribution in [2.45, 2.75) is 18.4 Å². The van der Waals surface area contributed by atoms with E-state index < -0.39 is 10.0 Å². The molecule has 0 aliphatic carbocycles. The Morgan fingerprint density at radius 1 is 1.10 bits per heavy atom. The van der Waals surface area contributed by atoms with Crippen LogP contribution in [0.15, 0.2) is 47.5 Å². The van der Waals surface area contributed by atoms with Gasteiger partial charge in [0.2, 0.25) is 10.0 Å². The fraction of sp³-hybridized carbons (Fsp3) is 0.214. The van der Waals surface area contributed by atoms with Crippen molar-refractivity contribution in [3.63, 3.8) is 0 Å². The molecule has 0 atom stereocenters. The van der Waals surface area contributed by atoms with Gasteiger partial charge < -0.3 is 5.32 Å². The number of pyridine rings is 1. The van der Waals surface area contributed by atoms with Crippen LogP contribution in [0.4, 0.5) is 5.69 Å². The van der Waals surface area contributed by atoms with E-state index in [0.29, 0.717) is 6.54 Å². The fourth-order valence-electron chi connectivity index (χ4n) is 1.68. The third kappa shape index (κ3) is 3.55. The molecule has 2 aromatic rings. The second-order valence-electron chi connectivity index (χ2n) is 4.39. The maximum atomic E-state index is 11.6. The van der Waals surface area contributed by atoms with Gasteiger partial charge in [0.15, 0.2) is 0 Å². The highest BCUT2D eigenvalue weighted by molar-refractivity contribution is 7.89. The molecule has 0 aliphatic heterocycles. The summed E-state index contributed by atoms with van der Waals surface area (Å²) < 4.78 is 25.5. The Morgan fingerprint density at radius 2 is 1.80 bits per heavy atom. The van der Waals surface area contributed by atoms with Gasteiger partial charge in [0.25, 0.3) is 0 Å². The van der Waals surface area contributed by atoms with Gasteiger partial charge in [-0.05, 0) is 49.9 Å². The molecule has 1 heterocycles. The Morgan fingerprint density at radius 3 is 2.35 bits per heavy atom. The average molecular weight is 291 g/mol. The van der Waals surface area contributed by atoms with Crippen LogP contribution in [0.2, 0.25) is 0 Å². The largest absolute Gasteiger partial charge is 0.381 e. The van der Waals surface area contributed by atoms with Crippen LogP contribution in [0.3, 0.4) is 0 Å². The number of aryl methyl sites for hydroxylation is 1. The van der Waals surface area contributed by atoms with Gasteiger partial charge in [0.1, 0.15) is 0 Å². The number of nitrogens with one attached hydrogen (secondary N) is 2. The molecule has 2 N–H and O–H groups in total. The summed E-state index contributed by atoms with van der Waals surface area (Å²) in [6.07, 6.45) is 1.82. The summed E-state index contributed by atoms with van der Waals surface area (Å²) in [5.41, 5.74) is 2.92. The Balaban J connectivity index is 2.03. The quantitative estimate of drug-likeness (QED) is 0.883. The maximum absolute atomic E-state index is 11.6. The lowest BCUT2D eigenvalue weighted by Crippen LogP contribution is -2.18. The zero-order valence-electron chi connectivity index (χ0n) is 11.4. The van der Waals surface area contributed by atoms with Gasteiger partial charge >= 0.3 is 0 Å². The van der Waals surface area contributed by atoms with Gasteiger partial charge in [-0.2, -0.15) is 0 Å². The van der Waals surface area contributed by atoms with Gasteiger partial charge in [-0.3, -0.25) is 4.98 Å². The Kier molecular flexibility index (Phi) is 4.36. The minimum absolute atomic E-state index is 0.252. The first-order chi connectivity index (χ1) is 9.51. The molecule has 0 aliphatic rings. The van der Waals surface area contributed by atoms with E-state index in [1.165, 1.54) is 7.05 Å². The van der Waals surface area contributed by atoms with Crippen LogP contribution < -0.4 is 10.0 Å². The van der Waals surface area contributed by atoms with Crippen LogP contribution in [-0.2, 0) is 16.6 Å². The summed E-state index contributed by atoms with van der Waals surface area (Å²) >= 11 is 0. The Hall–Kier alpha value is -1.92. The summed E-state index contributed by atoms with van der Waals surface area (Å²) in [6, 6.07) is 10.6. The van der Waals surface area contributed by atoms with Crippen molar-refractivity contribution in [3.8, 4) is 0 Å². The third-order valence-electron chi connectivity index (χ3n) is 2.90. The highest BCUT2D eigenvalue weighted by atomic mass is 32.2. The maximum Gasteiger partial charge on any atom is 0.240 e. The number of benzene rings is 1. The van der Waals surface area contributed by atoms with E-state index in [2.05, 4.69) is 15.0 Å². The number of nitrogens with zero attached hydrogens (tertiary/aromatic N) is 1. The fourth-order valence-corrected chi connectivity index (χ4v) is 2.41. The molecule has 0 radical (unpaired) electrons. The normalized spacial score (nSPS) is 11.3. The molecule has 0 amide bonds. The SMILES string of the molecule is CNS(=O)(=O)c1ccc(NCc2ccc(C)nc2)cc1. The number of hydrogen-bond donors (Lipinski definition) is 2. The molecule has 106 valence electrons. The van der Waals surface area contributed by atoms with Gasteiger partial charge in [-0.25, -0.2) is 13.1 Å². The zero-order valence-corrected chi connectivity index (χ0v) is 12.2. The summed E-state index contributed by atoms with van der Waals surface area (Å²) in [6.45, 7) is 2.59. The first kappa shape index (κ1) is 14.5. The molecule has 0 saturated carbocycles. The van der Waals surface area contributed by atoms with Gasteiger partial charge in [0.05, 0.1) is 4.90 Å². The molecule has 1 aromatic heterocycles. The van der Waals surface area contributed by atoms with Gasteiger partial charge in [0, 0.05) is 24.1 Å². The summed E-state index contributed by atoms with van der Waals surface area (Å²) in [4.78, 5) is 4.47. The van der Waals surface area contributed by atoms with Crippen LogP contribution >= 0.6 is 0 Å². The molecule has 0 fully saturated rings. The van der Waals surface area contributed by atoms with Crippen LogP contribution in [0.5, 0.6) is 0 Å². The Labute approximate surface area is 119 Å². The lowest BCUT2D eigenvalue weighted by Gasteiger charge is -2.08. The minimum Gasteiger partial charge on any atom is -0.381 e. The van der Waals surface area contributed by atoms with E-state index in [9.17, 15) is 8.42 Å². The second-order valence-corrected chi connectivity index (χ2v) is 6.28. The van der Waals surface area contributed by atoms with Gasteiger partial charge in [-0.15, -0.1) is 0 Å². The topological polar surface area (TPSA) is 71.1 Å². The lowest BCUT2D eigenvalue weighted by atomic mass is 10.2. The van der Waals surface area contributed by atoms with E-state index in [-0.39, 0.29) is 4.90 Å². The van der Waals surface area contributed by atoms with Crippen LogP contribution in [0.1, 0.15) is 11.3 Å². The smallest absolute Gasteiger partial charge is 0.240 e. The molecule has 6 heteroatoms. The molecule has 0 saturated heterocycles. The molecular weight excluding hydrogens is 274 g/mol. The molecular formula is C14H17N3O2S. The van der Waals surface area contributed by atoms with E-state index in [1.54, 1.807) is 24.3 Å². The molecule has 0 bridgehead atoms. The number of hydrogen-bond acceptors (Lipinski definition) is 4. The number of rotatable bonds is 5. The minimum atomic E-state index is -3.37. The van der Waals surface area contributed by atoms with E-state index in [1.807, 2.05) is 25.3 Å². The van der Waals surface area contributed by atoms with E-state index in [0.717, 1.165) is 16.9 Å². The lowest BCUT2D eigenvalue weighted by molar-refractivity contribution is 0.588. The van der Waals surface area contributed by atoms with Crippen molar-refractivity contribution in [2.24, 2.45) is 0 Å². The molecule has 1 aromatic carbocycles. The molecule has 0 spiro atoms. The molecule has 0 unspecified atom stereocenters. The summed E-state index contributed by atoms with van der Waals surface area (Å²) in [5.74, 6) is 0. The zero-order chi connectivity index (χ0) is 14.6. The van der Waals surface area contributed by atoms with Crippen molar-refractivity contribution < 1.29 is 8.42 Å². The van der Waals surface area contributed by atoms with Crippen molar-refractivity contribution in [2.75, 3.05) is 12.4 Å². The molecule has 5 nitrogen and oxygen atoms in total. The number of aromatic nitrogens is 1. The first-order valence-corrected chi connectivity index (χ1v) is 7.68. The molecule has 2 rings (SSSR count). The average Bonchev–Trinajstić information content (AvgIpc) is 2.47.